The maximum absolute atomic E-state index is 12.8. The molecule has 1 aromatic carbocycles. The number of halogens is 1. The van der Waals surface area contributed by atoms with Gasteiger partial charge in [0.1, 0.15) is 0 Å². The number of rotatable bonds is 7. The maximum Gasteiger partial charge on any atom is 0.344 e. The van der Waals surface area contributed by atoms with E-state index >= 15 is 0 Å². The summed E-state index contributed by atoms with van der Waals surface area (Å²) in [6.07, 6.45) is 6.04. The Bertz CT molecular complexity index is 958. The molecule has 1 saturated heterocycles. The fraction of sp³-hybridized carbons (Fsp3) is 0.455. The van der Waals surface area contributed by atoms with Crippen molar-refractivity contribution in [1.82, 2.24) is 5.01 Å². The van der Waals surface area contributed by atoms with Crippen LogP contribution in [0, 0.1) is 23.7 Å². The van der Waals surface area contributed by atoms with Crippen LogP contribution in [0.1, 0.15) is 25.8 Å². The molecule has 4 atom stereocenters. The second kappa shape index (κ2) is 8.45. The Morgan fingerprint density at radius 2 is 1.87 bits per heavy atom. The zero-order valence-electron chi connectivity index (χ0n) is 17.4. The Morgan fingerprint density at radius 3 is 2.45 bits per heavy atom. The summed E-state index contributed by atoms with van der Waals surface area (Å²) in [5.41, 5.74) is 0.447. The van der Waals surface area contributed by atoms with E-state index in [2.05, 4.69) is 21.0 Å². The molecule has 31 heavy (non-hydrogen) atoms. The number of carbonyl (C=O) groups excluding carboxylic acids is 3. The first-order chi connectivity index (χ1) is 14.8. The number of imide groups is 1. The summed E-state index contributed by atoms with van der Waals surface area (Å²) in [6.45, 7) is 3.17. The first-order valence-electron chi connectivity index (χ1n) is 10.1. The van der Waals surface area contributed by atoms with Crippen molar-refractivity contribution in [1.29, 1.82) is 0 Å². The van der Waals surface area contributed by atoms with Crippen LogP contribution in [0.4, 0.5) is 0 Å². The molecule has 0 aromatic heterocycles. The SMILES string of the molecule is COc1cc(Br)cc(C=NN2C(=O)[C@@H]3[C@H](C2=O)[C@H]2C=C[C@H]3C2)c1OCC(=O)OC(C)C. The summed E-state index contributed by atoms with van der Waals surface area (Å²) < 4.78 is 16.8. The van der Waals surface area contributed by atoms with E-state index in [1.807, 2.05) is 12.2 Å². The number of amides is 2. The number of hydrogen-bond acceptors (Lipinski definition) is 7. The van der Waals surface area contributed by atoms with Gasteiger partial charge in [0.05, 0.1) is 31.3 Å². The number of hydrogen-bond donors (Lipinski definition) is 0. The van der Waals surface area contributed by atoms with Crippen molar-refractivity contribution in [2.45, 2.75) is 26.4 Å². The Hall–Kier alpha value is -2.68. The van der Waals surface area contributed by atoms with Crippen LogP contribution in [-0.4, -0.2) is 48.8 Å². The number of allylic oxidation sites excluding steroid dienone is 2. The van der Waals surface area contributed by atoms with Gasteiger partial charge in [0, 0.05) is 10.0 Å². The molecule has 0 N–H and O–H groups in total. The van der Waals surface area contributed by atoms with Gasteiger partial charge in [-0.15, -0.1) is 0 Å². The van der Waals surface area contributed by atoms with Crippen molar-refractivity contribution in [3.8, 4) is 11.5 Å². The minimum atomic E-state index is -0.524. The lowest BCUT2D eigenvalue weighted by Crippen LogP contribution is -2.28. The fourth-order valence-electron chi connectivity index (χ4n) is 4.54. The molecule has 2 aliphatic carbocycles. The summed E-state index contributed by atoms with van der Waals surface area (Å²) in [4.78, 5) is 37.6. The van der Waals surface area contributed by atoms with Gasteiger partial charge in [0.2, 0.25) is 0 Å². The number of fused-ring (bicyclic) bond motifs is 5. The van der Waals surface area contributed by atoms with Crippen LogP contribution in [0.2, 0.25) is 0 Å². The number of benzene rings is 1. The van der Waals surface area contributed by atoms with E-state index in [0.717, 1.165) is 11.4 Å². The summed E-state index contributed by atoms with van der Waals surface area (Å²) >= 11 is 3.40. The second-order valence-corrected chi connectivity index (χ2v) is 9.00. The lowest BCUT2D eigenvalue weighted by atomic mass is 9.85. The molecule has 0 spiro atoms. The van der Waals surface area contributed by atoms with Crippen LogP contribution >= 0.6 is 15.9 Å². The largest absolute Gasteiger partial charge is 0.493 e. The van der Waals surface area contributed by atoms with E-state index < -0.39 is 5.97 Å². The molecule has 0 radical (unpaired) electrons. The van der Waals surface area contributed by atoms with Crippen LogP contribution in [0.3, 0.4) is 0 Å². The predicted octanol–water partition coefficient (Wildman–Crippen LogP) is 2.93. The highest BCUT2D eigenvalue weighted by molar-refractivity contribution is 9.10. The van der Waals surface area contributed by atoms with Gasteiger partial charge in [-0.3, -0.25) is 9.59 Å². The molecule has 2 fully saturated rings. The second-order valence-electron chi connectivity index (χ2n) is 8.09. The van der Waals surface area contributed by atoms with Gasteiger partial charge >= 0.3 is 5.97 Å². The third-order valence-electron chi connectivity index (χ3n) is 5.73. The average molecular weight is 491 g/mol. The molecule has 1 saturated carbocycles. The molecule has 3 aliphatic rings. The first-order valence-corrected chi connectivity index (χ1v) is 10.9. The van der Waals surface area contributed by atoms with Crippen LogP contribution in [0.5, 0.6) is 11.5 Å². The Morgan fingerprint density at radius 1 is 1.23 bits per heavy atom. The Labute approximate surface area is 188 Å². The molecule has 0 unspecified atom stereocenters. The normalized spacial score (nSPS) is 26.3. The van der Waals surface area contributed by atoms with Crippen molar-refractivity contribution in [2.75, 3.05) is 13.7 Å². The third-order valence-corrected chi connectivity index (χ3v) is 6.19. The van der Waals surface area contributed by atoms with E-state index in [-0.39, 0.29) is 53.9 Å². The molecular formula is C22H23BrN2O6. The van der Waals surface area contributed by atoms with Crippen molar-refractivity contribution >= 4 is 39.9 Å². The van der Waals surface area contributed by atoms with Crippen LogP contribution in [-0.2, 0) is 19.1 Å². The lowest BCUT2D eigenvalue weighted by molar-refractivity contribution is -0.149. The summed E-state index contributed by atoms with van der Waals surface area (Å²) in [7, 11) is 1.47. The number of ether oxygens (including phenoxy) is 3. The van der Waals surface area contributed by atoms with Gasteiger partial charge in [-0.05, 0) is 44.2 Å². The topological polar surface area (TPSA) is 94.5 Å². The highest BCUT2D eigenvalue weighted by atomic mass is 79.9. The number of carbonyl (C=O) groups is 3. The van der Waals surface area contributed by atoms with Gasteiger partial charge < -0.3 is 14.2 Å². The molecule has 4 rings (SSSR count). The lowest BCUT2D eigenvalue weighted by Gasteiger charge is -2.15. The summed E-state index contributed by atoms with van der Waals surface area (Å²) in [6, 6.07) is 3.38. The average Bonchev–Trinajstić information content (AvgIpc) is 3.39. The van der Waals surface area contributed by atoms with Crippen molar-refractivity contribution in [2.24, 2.45) is 28.8 Å². The monoisotopic (exact) mass is 490 g/mol. The molecule has 2 amide bonds. The van der Waals surface area contributed by atoms with E-state index in [1.165, 1.54) is 13.3 Å². The minimum Gasteiger partial charge on any atom is -0.493 e. The number of methoxy groups -OCH3 is 1. The predicted molar refractivity (Wildman–Crippen MR) is 115 cm³/mol. The van der Waals surface area contributed by atoms with E-state index in [9.17, 15) is 14.4 Å². The molecule has 1 aliphatic heterocycles. The zero-order valence-corrected chi connectivity index (χ0v) is 19.0. The molecule has 2 bridgehead atoms. The van der Waals surface area contributed by atoms with Crippen molar-refractivity contribution in [3.05, 3.63) is 34.3 Å². The molecule has 1 heterocycles. The van der Waals surface area contributed by atoms with E-state index in [1.54, 1.807) is 26.0 Å². The molecule has 8 nitrogen and oxygen atoms in total. The van der Waals surface area contributed by atoms with Crippen molar-refractivity contribution in [3.63, 3.8) is 0 Å². The van der Waals surface area contributed by atoms with Crippen LogP contribution in [0.25, 0.3) is 0 Å². The van der Waals surface area contributed by atoms with E-state index in [4.69, 9.17) is 14.2 Å². The fourth-order valence-corrected chi connectivity index (χ4v) is 4.99. The minimum absolute atomic E-state index is 0.114. The molecule has 9 heteroatoms. The quantitative estimate of drug-likeness (QED) is 0.252. The van der Waals surface area contributed by atoms with Crippen LogP contribution in [0.15, 0.2) is 33.9 Å². The summed E-state index contributed by atoms with van der Waals surface area (Å²) in [5, 5.41) is 5.16. The summed E-state index contributed by atoms with van der Waals surface area (Å²) in [5.74, 6) is -0.851. The highest BCUT2D eigenvalue weighted by Crippen LogP contribution is 2.52. The Balaban J connectivity index is 1.57. The Kier molecular flexibility index (Phi) is 5.88. The van der Waals surface area contributed by atoms with Gasteiger partial charge in [-0.1, -0.05) is 28.1 Å². The van der Waals surface area contributed by atoms with Gasteiger partial charge in [-0.2, -0.15) is 10.1 Å². The maximum atomic E-state index is 12.8. The first kappa shape index (κ1) is 21.5. The smallest absolute Gasteiger partial charge is 0.344 e. The number of esters is 1. The van der Waals surface area contributed by atoms with Gasteiger partial charge in [0.25, 0.3) is 11.8 Å². The van der Waals surface area contributed by atoms with Crippen LogP contribution < -0.4 is 9.47 Å². The molecule has 1 aromatic rings. The highest BCUT2D eigenvalue weighted by Gasteiger charge is 2.59. The van der Waals surface area contributed by atoms with E-state index in [0.29, 0.717) is 15.8 Å². The van der Waals surface area contributed by atoms with Gasteiger partial charge in [0.15, 0.2) is 18.1 Å². The van der Waals surface area contributed by atoms with Gasteiger partial charge in [-0.25, -0.2) is 4.79 Å². The molecular weight excluding hydrogens is 468 g/mol. The zero-order chi connectivity index (χ0) is 22.3. The van der Waals surface area contributed by atoms with Crippen molar-refractivity contribution < 1.29 is 28.6 Å². The standard InChI is InChI=1S/C22H23BrN2O6/c1-11(2)31-17(26)10-30-20-14(7-15(23)8-16(20)29-3)9-24-25-21(27)18-12-4-5-13(6-12)19(18)22(25)28/h4-5,7-9,11-13,18-19H,6,10H2,1-3H3/t12-,13-,18-,19+/m0/s1. The number of nitrogens with zero attached hydrogens (tertiary/aromatic N) is 2. The molecule has 164 valence electrons. The third kappa shape index (κ3) is 3.98. The number of hydrazone groups is 1.